The number of phenols is 1. The first-order valence-electron chi connectivity index (χ1n) is 10.3. The molecule has 0 saturated heterocycles. The van der Waals surface area contributed by atoms with Crippen LogP contribution in [-0.2, 0) is 11.2 Å². The number of benzene rings is 1. The highest BCUT2D eigenvalue weighted by molar-refractivity contribution is 5.90. The summed E-state index contributed by atoms with van der Waals surface area (Å²) in [6.07, 6.45) is 7.85. The molecule has 154 valence electrons. The summed E-state index contributed by atoms with van der Waals surface area (Å²) in [7, 11) is 2.92. The van der Waals surface area contributed by atoms with Gasteiger partial charge in [0.05, 0.1) is 19.8 Å². The molecule has 1 N–H and O–H groups in total. The van der Waals surface area contributed by atoms with E-state index in [-0.39, 0.29) is 16.6 Å². The first kappa shape index (κ1) is 20.8. The molecule has 28 heavy (non-hydrogen) atoms. The average molecular weight is 387 g/mol. The maximum atomic E-state index is 11.9. The molecule has 3 rings (SSSR count). The van der Waals surface area contributed by atoms with E-state index in [1.54, 1.807) is 13.2 Å². The predicted octanol–water partition coefficient (Wildman–Crippen LogP) is 5.53. The number of fused-ring (bicyclic) bond motifs is 1. The van der Waals surface area contributed by atoms with Crippen LogP contribution in [0.15, 0.2) is 23.8 Å². The fourth-order valence-electron chi connectivity index (χ4n) is 5.82. The van der Waals surface area contributed by atoms with Crippen LogP contribution in [0.25, 0.3) is 0 Å². The standard InChI is InChI=1S/C24H34O4/c1-15-8-7-9-21-23(15,3)11-10-16(2)24(21,4)14-18-19(25)12-17(22(26)28-6)13-20(18)27-5/h8,12-13,16,21,25H,7,9-11,14H2,1-6H3/t16-,21+,23+,24+/m0/s1. The van der Waals surface area contributed by atoms with Gasteiger partial charge in [-0.3, -0.25) is 0 Å². The minimum atomic E-state index is -0.474. The third-order valence-electron chi connectivity index (χ3n) is 7.98. The van der Waals surface area contributed by atoms with Gasteiger partial charge in [-0.25, -0.2) is 4.79 Å². The summed E-state index contributed by atoms with van der Waals surface area (Å²) in [6, 6.07) is 3.19. The number of hydrogen-bond donors (Lipinski definition) is 1. The molecule has 0 aromatic heterocycles. The van der Waals surface area contributed by atoms with Gasteiger partial charge in [0.25, 0.3) is 0 Å². The molecule has 0 bridgehead atoms. The van der Waals surface area contributed by atoms with Crippen molar-refractivity contribution in [3.8, 4) is 11.5 Å². The Balaban J connectivity index is 2.04. The molecule has 2 aliphatic carbocycles. The van der Waals surface area contributed by atoms with Crippen LogP contribution < -0.4 is 4.74 Å². The fourth-order valence-corrected chi connectivity index (χ4v) is 5.82. The zero-order valence-electron chi connectivity index (χ0n) is 18.1. The largest absolute Gasteiger partial charge is 0.508 e. The van der Waals surface area contributed by atoms with Crippen molar-refractivity contribution >= 4 is 5.97 Å². The zero-order chi connectivity index (χ0) is 20.7. The molecule has 4 nitrogen and oxygen atoms in total. The van der Waals surface area contributed by atoms with Crippen LogP contribution in [0.2, 0.25) is 0 Å². The van der Waals surface area contributed by atoms with E-state index in [2.05, 4.69) is 33.8 Å². The van der Waals surface area contributed by atoms with E-state index < -0.39 is 5.97 Å². The minimum Gasteiger partial charge on any atom is -0.508 e. The Morgan fingerprint density at radius 3 is 2.61 bits per heavy atom. The van der Waals surface area contributed by atoms with Gasteiger partial charge in [0, 0.05) is 5.56 Å². The number of ether oxygens (including phenoxy) is 2. The topological polar surface area (TPSA) is 55.8 Å². The molecular weight excluding hydrogens is 352 g/mol. The molecule has 1 aromatic rings. The predicted molar refractivity (Wildman–Crippen MR) is 111 cm³/mol. The number of esters is 1. The second-order valence-electron chi connectivity index (χ2n) is 9.22. The van der Waals surface area contributed by atoms with Crippen molar-refractivity contribution in [1.82, 2.24) is 0 Å². The van der Waals surface area contributed by atoms with Gasteiger partial charge in [-0.1, -0.05) is 32.4 Å². The van der Waals surface area contributed by atoms with Gasteiger partial charge >= 0.3 is 5.97 Å². The Morgan fingerprint density at radius 2 is 1.96 bits per heavy atom. The first-order valence-corrected chi connectivity index (χ1v) is 10.3. The molecule has 0 amide bonds. The number of carbonyl (C=O) groups is 1. The van der Waals surface area contributed by atoms with Gasteiger partial charge in [-0.15, -0.1) is 0 Å². The van der Waals surface area contributed by atoms with Crippen molar-refractivity contribution in [2.24, 2.45) is 22.7 Å². The summed E-state index contributed by atoms with van der Waals surface area (Å²) in [6.45, 7) is 9.43. The summed E-state index contributed by atoms with van der Waals surface area (Å²) < 4.78 is 10.4. The van der Waals surface area contributed by atoms with E-state index >= 15 is 0 Å². The molecule has 0 spiro atoms. The monoisotopic (exact) mass is 386 g/mol. The van der Waals surface area contributed by atoms with Crippen molar-refractivity contribution in [2.75, 3.05) is 14.2 Å². The first-order chi connectivity index (χ1) is 13.2. The number of hydrogen-bond acceptors (Lipinski definition) is 4. The molecule has 4 heteroatoms. The van der Waals surface area contributed by atoms with Crippen LogP contribution in [0.4, 0.5) is 0 Å². The lowest BCUT2D eigenvalue weighted by atomic mass is 9.47. The molecule has 1 saturated carbocycles. The maximum absolute atomic E-state index is 11.9. The van der Waals surface area contributed by atoms with Crippen LogP contribution in [0.1, 0.15) is 69.3 Å². The van der Waals surface area contributed by atoms with Crippen LogP contribution in [0, 0.1) is 22.7 Å². The van der Waals surface area contributed by atoms with Gasteiger partial charge in [-0.2, -0.15) is 0 Å². The van der Waals surface area contributed by atoms with Crippen molar-refractivity contribution in [3.63, 3.8) is 0 Å². The second-order valence-corrected chi connectivity index (χ2v) is 9.22. The Bertz CT molecular complexity index is 796. The summed E-state index contributed by atoms with van der Waals surface area (Å²) >= 11 is 0. The van der Waals surface area contributed by atoms with Gasteiger partial charge < -0.3 is 14.6 Å². The molecule has 1 fully saturated rings. The lowest BCUT2D eigenvalue weighted by Crippen LogP contribution is -2.50. The van der Waals surface area contributed by atoms with E-state index in [1.165, 1.54) is 38.0 Å². The van der Waals surface area contributed by atoms with Gasteiger partial charge in [0.1, 0.15) is 11.5 Å². The van der Waals surface area contributed by atoms with Crippen molar-refractivity contribution < 1.29 is 19.4 Å². The van der Waals surface area contributed by atoms with E-state index in [9.17, 15) is 9.90 Å². The van der Waals surface area contributed by atoms with E-state index in [0.717, 1.165) is 18.4 Å². The molecule has 2 aliphatic rings. The number of carbonyl (C=O) groups excluding carboxylic acids is 1. The van der Waals surface area contributed by atoms with Crippen molar-refractivity contribution in [1.29, 1.82) is 0 Å². The molecular formula is C24H34O4. The van der Waals surface area contributed by atoms with Gasteiger partial charge in [0.15, 0.2) is 0 Å². The van der Waals surface area contributed by atoms with Crippen molar-refractivity contribution in [3.05, 3.63) is 34.9 Å². The summed E-state index contributed by atoms with van der Waals surface area (Å²) in [5.41, 5.74) is 2.87. The van der Waals surface area contributed by atoms with Crippen LogP contribution in [0.3, 0.4) is 0 Å². The highest BCUT2D eigenvalue weighted by atomic mass is 16.5. The Hall–Kier alpha value is -1.97. The molecule has 0 aliphatic heterocycles. The van der Waals surface area contributed by atoms with Crippen LogP contribution >= 0.6 is 0 Å². The molecule has 0 radical (unpaired) electrons. The molecule has 1 aromatic carbocycles. The van der Waals surface area contributed by atoms with E-state index in [0.29, 0.717) is 23.1 Å². The molecule has 0 heterocycles. The molecule has 4 atom stereocenters. The number of allylic oxidation sites excluding steroid dienone is 2. The highest BCUT2D eigenvalue weighted by Gasteiger charge is 2.53. The Morgan fingerprint density at radius 1 is 1.25 bits per heavy atom. The van der Waals surface area contributed by atoms with Crippen LogP contribution in [-0.4, -0.2) is 25.3 Å². The zero-order valence-corrected chi connectivity index (χ0v) is 18.1. The lowest BCUT2D eigenvalue weighted by molar-refractivity contribution is -0.0414. The lowest BCUT2D eigenvalue weighted by Gasteiger charge is -2.58. The normalized spacial score (nSPS) is 32.3. The quantitative estimate of drug-likeness (QED) is 0.546. The summed E-state index contributed by atoms with van der Waals surface area (Å²) in [5, 5.41) is 10.8. The molecule has 0 unspecified atom stereocenters. The third kappa shape index (κ3) is 3.21. The third-order valence-corrected chi connectivity index (χ3v) is 7.98. The van der Waals surface area contributed by atoms with Gasteiger partial charge in [0.2, 0.25) is 0 Å². The van der Waals surface area contributed by atoms with Crippen molar-refractivity contribution in [2.45, 2.75) is 59.8 Å². The van der Waals surface area contributed by atoms with E-state index in [1.807, 2.05) is 0 Å². The summed E-state index contributed by atoms with van der Waals surface area (Å²) in [5.74, 6) is 1.30. The van der Waals surface area contributed by atoms with Gasteiger partial charge in [-0.05, 0) is 73.8 Å². The highest BCUT2D eigenvalue weighted by Crippen LogP contribution is 2.61. The second kappa shape index (κ2) is 7.46. The maximum Gasteiger partial charge on any atom is 0.338 e. The Labute approximate surface area is 168 Å². The number of aromatic hydroxyl groups is 1. The fraction of sp³-hybridized carbons (Fsp3) is 0.625. The SMILES string of the molecule is COC(=O)c1cc(O)c(C[C@]2(C)[C@@H](C)CC[C@]3(C)C(C)=CCC[C@@H]23)c(OC)c1. The Kier molecular flexibility index (Phi) is 5.53. The number of rotatable bonds is 4. The number of phenolic OH excluding ortho intramolecular Hbond substituents is 1. The average Bonchev–Trinajstić information content (AvgIpc) is 2.67. The smallest absolute Gasteiger partial charge is 0.338 e. The van der Waals surface area contributed by atoms with E-state index in [4.69, 9.17) is 9.47 Å². The summed E-state index contributed by atoms with van der Waals surface area (Å²) in [4.78, 5) is 11.9. The van der Waals surface area contributed by atoms with Crippen LogP contribution in [0.5, 0.6) is 11.5 Å². The minimum absolute atomic E-state index is 0.0417. The number of methoxy groups -OCH3 is 2.